The average molecular weight is 453 g/mol. The highest BCUT2D eigenvalue weighted by Crippen LogP contribution is 2.32. The molecule has 9 heteroatoms. The van der Waals surface area contributed by atoms with Gasteiger partial charge in [0, 0.05) is 36.6 Å². The SMILES string of the molecule is C=CN.CC.CN(/C=C\c1c(-c2cnc3cc(F)ccn23)ccc(Cl)c1C=O)SF. The van der Waals surface area contributed by atoms with E-state index in [1.165, 1.54) is 35.9 Å². The maximum Gasteiger partial charge on any atom is 0.164 e. The first-order valence-corrected chi connectivity index (χ1v) is 9.95. The molecule has 0 fully saturated rings. The van der Waals surface area contributed by atoms with Crippen LogP contribution in [0.3, 0.4) is 0 Å². The molecule has 1 aromatic carbocycles. The Balaban J connectivity index is 0.000000826. The topological polar surface area (TPSA) is 63.6 Å². The van der Waals surface area contributed by atoms with Gasteiger partial charge in [0.2, 0.25) is 0 Å². The molecule has 0 amide bonds. The number of nitrogens with zero attached hydrogens (tertiary/aromatic N) is 3. The van der Waals surface area contributed by atoms with Gasteiger partial charge in [0.1, 0.15) is 11.5 Å². The Bertz CT molecular complexity index is 1020. The van der Waals surface area contributed by atoms with Crippen LogP contribution in [0.1, 0.15) is 29.8 Å². The van der Waals surface area contributed by atoms with Gasteiger partial charge >= 0.3 is 0 Å². The molecule has 0 bridgehead atoms. The van der Waals surface area contributed by atoms with E-state index in [0.717, 1.165) is 0 Å². The van der Waals surface area contributed by atoms with E-state index in [9.17, 15) is 13.1 Å². The number of benzene rings is 1. The molecule has 160 valence electrons. The largest absolute Gasteiger partial charge is 0.405 e. The number of aldehydes is 1. The van der Waals surface area contributed by atoms with Crippen molar-refractivity contribution in [3.63, 3.8) is 0 Å². The van der Waals surface area contributed by atoms with E-state index < -0.39 is 5.82 Å². The van der Waals surface area contributed by atoms with Gasteiger partial charge in [0.15, 0.2) is 18.6 Å². The molecule has 3 aromatic rings. The molecule has 2 N–H and O–H groups in total. The van der Waals surface area contributed by atoms with Crippen LogP contribution in [0.2, 0.25) is 5.02 Å². The van der Waals surface area contributed by atoms with Crippen molar-refractivity contribution in [2.45, 2.75) is 13.8 Å². The zero-order valence-electron chi connectivity index (χ0n) is 16.8. The fraction of sp³-hybridized carbons (Fsp3) is 0.143. The van der Waals surface area contributed by atoms with Gasteiger partial charge in [0.25, 0.3) is 0 Å². The lowest BCUT2D eigenvalue weighted by molar-refractivity contribution is 0.112. The molecule has 0 atom stereocenters. The van der Waals surface area contributed by atoms with E-state index in [-0.39, 0.29) is 22.9 Å². The second kappa shape index (κ2) is 12.7. The van der Waals surface area contributed by atoms with Crippen molar-refractivity contribution in [3.05, 3.63) is 77.6 Å². The molecule has 0 radical (unpaired) electrons. The highest BCUT2D eigenvalue weighted by molar-refractivity contribution is 7.92. The Morgan fingerprint density at radius 3 is 2.57 bits per heavy atom. The Hall–Kier alpha value is -2.84. The van der Waals surface area contributed by atoms with Crippen molar-refractivity contribution in [2.75, 3.05) is 7.05 Å². The molecular weight excluding hydrogens is 430 g/mol. The van der Waals surface area contributed by atoms with Gasteiger partial charge in [-0.05, 0) is 30.0 Å². The van der Waals surface area contributed by atoms with Crippen LogP contribution in [-0.4, -0.2) is 27.0 Å². The lowest BCUT2D eigenvalue weighted by Crippen LogP contribution is -1.98. The van der Waals surface area contributed by atoms with Crippen LogP contribution in [-0.2, 0) is 0 Å². The molecule has 0 saturated heterocycles. The Kier molecular flexibility index (Phi) is 10.6. The zero-order chi connectivity index (χ0) is 22.7. The number of pyridine rings is 1. The number of rotatable bonds is 5. The second-order valence-corrected chi connectivity index (χ2v) is 6.54. The van der Waals surface area contributed by atoms with Gasteiger partial charge in [-0.15, -0.1) is 3.89 Å². The lowest BCUT2D eigenvalue weighted by Gasteiger charge is -2.12. The molecular formula is C21H23ClF2N4OS. The van der Waals surface area contributed by atoms with E-state index in [1.54, 1.807) is 35.0 Å². The number of carbonyl (C=O) groups is 1. The predicted octanol–water partition coefficient (Wildman–Crippen LogP) is 6.16. The summed E-state index contributed by atoms with van der Waals surface area (Å²) in [5.74, 6) is -0.393. The molecule has 0 aliphatic carbocycles. The van der Waals surface area contributed by atoms with Crippen LogP contribution < -0.4 is 5.73 Å². The molecule has 0 aliphatic rings. The molecule has 2 heterocycles. The van der Waals surface area contributed by atoms with Crippen LogP contribution in [0.25, 0.3) is 23.0 Å². The number of halogens is 3. The summed E-state index contributed by atoms with van der Waals surface area (Å²) in [6.07, 6.45) is 8.12. The minimum absolute atomic E-state index is 0.0352. The minimum atomic E-state index is -0.393. The minimum Gasteiger partial charge on any atom is -0.405 e. The maximum absolute atomic E-state index is 13.4. The highest BCUT2D eigenvalue weighted by atomic mass is 35.5. The van der Waals surface area contributed by atoms with Gasteiger partial charge in [0.05, 0.1) is 16.9 Å². The smallest absolute Gasteiger partial charge is 0.164 e. The van der Waals surface area contributed by atoms with Crippen molar-refractivity contribution in [3.8, 4) is 11.3 Å². The first-order chi connectivity index (χ1) is 14.5. The molecule has 2 aromatic heterocycles. The van der Waals surface area contributed by atoms with Crippen molar-refractivity contribution in [2.24, 2.45) is 5.73 Å². The first-order valence-electron chi connectivity index (χ1n) is 8.89. The van der Waals surface area contributed by atoms with E-state index in [4.69, 9.17) is 11.6 Å². The Labute approximate surface area is 184 Å². The van der Waals surface area contributed by atoms with Gasteiger partial charge < -0.3 is 5.73 Å². The number of fused-ring (bicyclic) bond motifs is 1. The average Bonchev–Trinajstić information content (AvgIpc) is 3.16. The summed E-state index contributed by atoms with van der Waals surface area (Å²) in [7, 11) is 1.53. The third kappa shape index (κ3) is 6.08. The molecule has 0 saturated carbocycles. The van der Waals surface area contributed by atoms with Crippen LogP contribution in [0.5, 0.6) is 0 Å². The molecule has 0 spiro atoms. The number of carbonyl (C=O) groups excluding carboxylic acids is 1. The molecule has 30 heavy (non-hydrogen) atoms. The number of hydrogen-bond donors (Lipinski definition) is 1. The number of aromatic nitrogens is 2. The van der Waals surface area contributed by atoms with Crippen LogP contribution in [0, 0.1) is 5.82 Å². The maximum atomic E-state index is 13.4. The van der Waals surface area contributed by atoms with Crippen LogP contribution in [0.4, 0.5) is 8.28 Å². The van der Waals surface area contributed by atoms with Crippen molar-refractivity contribution < 1.29 is 13.1 Å². The van der Waals surface area contributed by atoms with Crippen molar-refractivity contribution >= 4 is 41.9 Å². The predicted molar refractivity (Wildman–Crippen MR) is 122 cm³/mol. The molecule has 3 rings (SSSR count). The number of hydrogen-bond acceptors (Lipinski definition) is 5. The first kappa shape index (κ1) is 25.2. The Morgan fingerprint density at radius 1 is 1.30 bits per heavy atom. The molecule has 5 nitrogen and oxygen atoms in total. The summed E-state index contributed by atoms with van der Waals surface area (Å²) in [4.78, 5) is 15.7. The molecule has 0 unspecified atom stereocenters. The fourth-order valence-corrected chi connectivity index (χ4v) is 2.81. The standard InChI is InChI=1S/C17H12ClF2N3OS.C2H5N.C2H6/c1-22(25-20)6-5-12-13(2-3-15(18)14(12)10-24)16-9-21-17-8-11(19)4-7-23(16)17;1-2-3;1-2/h2-10H,1H3;2H,1,3H2;1-2H3/b6-5-;;. The highest BCUT2D eigenvalue weighted by Gasteiger charge is 2.15. The van der Waals surface area contributed by atoms with Gasteiger partial charge in [-0.2, -0.15) is 0 Å². The van der Waals surface area contributed by atoms with Gasteiger partial charge in [-0.1, -0.05) is 38.1 Å². The summed E-state index contributed by atoms with van der Waals surface area (Å²) in [5.41, 5.74) is 7.17. The quantitative estimate of drug-likeness (QED) is 0.371. The van der Waals surface area contributed by atoms with Gasteiger partial charge in [-0.3, -0.25) is 13.5 Å². The van der Waals surface area contributed by atoms with Crippen LogP contribution >= 0.6 is 23.9 Å². The summed E-state index contributed by atoms with van der Waals surface area (Å²) in [5, 5.41) is 0.286. The normalized spacial score (nSPS) is 10.1. The van der Waals surface area contributed by atoms with Crippen molar-refractivity contribution in [1.82, 2.24) is 13.7 Å². The van der Waals surface area contributed by atoms with Crippen molar-refractivity contribution in [1.29, 1.82) is 0 Å². The van der Waals surface area contributed by atoms with E-state index in [2.05, 4.69) is 17.3 Å². The number of nitrogens with two attached hydrogens (primary N) is 1. The lowest BCUT2D eigenvalue weighted by atomic mass is 9.99. The third-order valence-electron chi connectivity index (χ3n) is 3.66. The van der Waals surface area contributed by atoms with E-state index in [1.807, 2.05) is 13.8 Å². The summed E-state index contributed by atoms with van der Waals surface area (Å²) in [6.45, 7) is 7.14. The van der Waals surface area contributed by atoms with Crippen LogP contribution in [0.15, 0.2) is 55.6 Å². The summed E-state index contributed by atoms with van der Waals surface area (Å²) < 4.78 is 28.9. The van der Waals surface area contributed by atoms with E-state index >= 15 is 0 Å². The number of imidazole rings is 1. The fourth-order valence-electron chi connectivity index (χ4n) is 2.49. The van der Waals surface area contributed by atoms with E-state index in [0.29, 0.717) is 28.8 Å². The monoisotopic (exact) mass is 452 g/mol. The third-order valence-corrected chi connectivity index (χ3v) is 4.33. The zero-order valence-corrected chi connectivity index (χ0v) is 18.4. The Morgan fingerprint density at radius 2 is 1.97 bits per heavy atom. The summed E-state index contributed by atoms with van der Waals surface area (Å²) >= 11 is 6.16. The molecule has 0 aliphatic heterocycles. The second-order valence-electron chi connectivity index (χ2n) is 5.42. The van der Waals surface area contributed by atoms with Gasteiger partial charge in [-0.25, -0.2) is 9.37 Å². The summed E-state index contributed by atoms with van der Waals surface area (Å²) in [6, 6.07) is 5.97.